The van der Waals surface area contributed by atoms with Gasteiger partial charge in [0.15, 0.2) is 0 Å². The lowest BCUT2D eigenvalue weighted by Gasteiger charge is -2.23. The van der Waals surface area contributed by atoms with Crippen LogP contribution in [0.1, 0.15) is 38.2 Å². The fourth-order valence-electron chi connectivity index (χ4n) is 3.54. The van der Waals surface area contributed by atoms with Crippen molar-refractivity contribution in [1.29, 1.82) is 0 Å². The van der Waals surface area contributed by atoms with Crippen molar-refractivity contribution < 1.29 is 9.53 Å². The average molecular weight is 373 g/mol. The molecule has 1 unspecified atom stereocenters. The number of amides is 1. The summed E-state index contributed by atoms with van der Waals surface area (Å²) in [6.07, 6.45) is 4.22. The highest BCUT2D eigenvalue weighted by Crippen LogP contribution is 2.58. The second kappa shape index (κ2) is 8.41. The van der Waals surface area contributed by atoms with E-state index in [0.717, 1.165) is 50.1 Å². The van der Waals surface area contributed by atoms with Gasteiger partial charge in [-0.15, -0.1) is 12.4 Å². The van der Waals surface area contributed by atoms with E-state index in [1.807, 2.05) is 18.2 Å². The molecular formula is C18H26Cl2N2O2. The summed E-state index contributed by atoms with van der Waals surface area (Å²) < 4.78 is 5.74. The minimum atomic E-state index is 0. The van der Waals surface area contributed by atoms with Crippen molar-refractivity contribution in [2.75, 3.05) is 19.7 Å². The van der Waals surface area contributed by atoms with Gasteiger partial charge in [0.25, 0.3) is 0 Å². The summed E-state index contributed by atoms with van der Waals surface area (Å²) in [7, 11) is 0. The molecule has 1 saturated carbocycles. The molecule has 2 N–H and O–H groups in total. The summed E-state index contributed by atoms with van der Waals surface area (Å²) in [5.74, 6) is 1.17. The van der Waals surface area contributed by atoms with E-state index in [9.17, 15) is 4.79 Å². The zero-order valence-electron chi connectivity index (χ0n) is 14.1. The second-order valence-electron chi connectivity index (χ2n) is 6.69. The Hall–Kier alpha value is -0.970. The van der Waals surface area contributed by atoms with Crippen LogP contribution in [0.4, 0.5) is 0 Å². The van der Waals surface area contributed by atoms with Crippen LogP contribution in [-0.4, -0.2) is 25.6 Å². The fourth-order valence-corrected chi connectivity index (χ4v) is 3.73. The van der Waals surface area contributed by atoms with Crippen LogP contribution in [0.25, 0.3) is 0 Å². The first-order valence-corrected chi connectivity index (χ1v) is 8.92. The van der Waals surface area contributed by atoms with Crippen molar-refractivity contribution in [1.82, 2.24) is 10.6 Å². The molecule has 0 aromatic heterocycles. The van der Waals surface area contributed by atoms with Crippen molar-refractivity contribution >= 4 is 29.9 Å². The molecule has 3 rings (SSSR count). The Bertz CT molecular complexity index is 574. The number of rotatable bonds is 6. The summed E-state index contributed by atoms with van der Waals surface area (Å²) in [5.41, 5.74) is 1.21. The van der Waals surface area contributed by atoms with Gasteiger partial charge in [0.1, 0.15) is 5.75 Å². The van der Waals surface area contributed by atoms with Crippen LogP contribution in [0.5, 0.6) is 5.75 Å². The molecule has 1 heterocycles. The summed E-state index contributed by atoms with van der Waals surface area (Å²) in [6.45, 7) is 5.29. The molecule has 1 aromatic carbocycles. The van der Waals surface area contributed by atoms with Gasteiger partial charge >= 0.3 is 0 Å². The van der Waals surface area contributed by atoms with Crippen molar-refractivity contribution in [3.8, 4) is 5.75 Å². The number of halogens is 2. The van der Waals surface area contributed by atoms with Crippen LogP contribution in [-0.2, 0) is 11.3 Å². The molecular weight excluding hydrogens is 347 g/mol. The number of nitrogens with one attached hydrogen (secondary N) is 2. The van der Waals surface area contributed by atoms with E-state index in [1.165, 1.54) is 0 Å². The number of piperidine rings is 1. The van der Waals surface area contributed by atoms with E-state index >= 15 is 0 Å². The minimum absolute atomic E-state index is 0. The van der Waals surface area contributed by atoms with Crippen LogP contribution < -0.4 is 15.4 Å². The first kappa shape index (κ1) is 19.4. The van der Waals surface area contributed by atoms with Crippen LogP contribution in [0.15, 0.2) is 18.2 Å². The number of benzene rings is 1. The third kappa shape index (κ3) is 4.35. The normalized spacial score (nSPS) is 21.0. The number of carbonyl (C=O) groups excluding carboxylic acids is 1. The van der Waals surface area contributed by atoms with Crippen LogP contribution in [0, 0.1) is 11.3 Å². The smallest absolute Gasteiger partial charge is 0.223 e. The first-order chi connectivity index (χ1) is 11.1. The zero-order chi connectivity index (χ0) is 16.3. The number of carbonyl (C=O) groups is 1. The largest absolute Gasteiger partial charge is 0.493 e. The van der Waals surface area contributed by atoms with Gasteiger partial charge in [-0.05, 0) is 62.4 Å². The van der Waals surface area contributed by atoms with Crippen molar-refractivity contribution in [3.63, 3.8) is 0 Å². The second-order valence-corrected chi connectivity index (χ2v) is 7.12. The molecule has 1 aliphatic carbocycles. The molecule has 1 atom stereocenters. The van der Waals surface area contributed by atoms with E-state index in [0.29, 0.717) is 18.2 Å². The molecule has 6 heteroatoms. The van der Waals surface area contributed by atoms with Crippen LogP contribution >= 0.6 is 24.0 Å². The lowest BCUT2D eigenvalue weighted by atomic mass is 9.92. The molecule has 1 amide bonds. The maximum atomic E-state index is 12.5. The average Bonchev–Trinajstić information content (AvgIpc) is 3.25. The number of hydrogen-bond donors (Lipinski definition) is 2. The molecule has 134 valence electrons. The monoisotopic (exact) mass is 372 g/mol. The fraction of sp³-hybridized carbons (Fsp3) is 0.611. The molecule has 4 nitrogen and oxygen atoms in total. The molecule has 1 aromatic rings. The Morgan fingerprint density at radius 2 is 2.17 bits per heavy atom. The van der Waals surface area contributed by atoms with Gasteiger partial charge < -0.3 is 15.4 Å². The van der Waals surface area contributed by atoms with Gasteiger partial charge in [-0.3, -0.25) is 4.79 Å². The summed E-state index contributed by atoms with van der Waals surface area (Å²) >= 11 is 6.08. The molecule has 2 aliphatic rings. The number of hydrogen-bond acceptors (Lipinski definition) is 3. The number of ether oxygens (including phenoxy) is 1. The third-order valence-electron chi connectivity index (χ3n) is 5.04. The van der Waals surface area contributed by atoms with Crippen molar-refractivity contribution in [3.05, 3.63) is 28.8 Å². The van der Waals surface area contributed by atoms with Gasteiger partial charge in [-0.25, -0.2) is 0 Å². The van der Waals surface area contributed by atoms with Gasteiger partial charge in [-0.2, -0.15) is 0 Å². The lowest BCUT2D eigenvalue weighted by molar-refractivity contribution is -0.123. The van der Waals surface area contributed by atoms with Crippen LogP contribution in [0.3, 0.4) is 0 Å². The predicted octanol–water partition coefficient (Wildman–Crippen LogP) is 3.56. The zero-order valence-corrected chi connectivity index (χ0v) is 15.6. The van der Waals surface area contributed by atoms with E-state index in [2.05, 4.69) is 17.6 Å². The minimum Gasteiger partial charge on any atom is -0.493 e. The highest BCUT2D eigenvalue weighted by atomic mass is 35.5. The van der Waals surface area contributed by atoms with E-state index in [4.69, 9.17) is 16.3 Å². The Labute approximate surface area is 155 Å². The molecule has 1 saturated heterocycles. The predicted molar refractivity (Wildman–Crippen MR) is 99.0 cm³/mol. The van der Waals surface area contributed by atoms with Gasteiger partial charge in [0.2, 0.25) is 5.91 Å². The van der Waals surface area contributed by atoms with Gasteiger partial charge in [0, 0.05) is 23.0 Å². The Morgan fingerprint density at radius 3 is 2.88 bits per heavy atom. The van der Waals surface area contributed by atoms with Gasteiger partial charge in [0.05, 0.1) is 6.61 Å². The highest BCUT2D eigenvalue weighted by Gasteiger charge is 2.57. The van der Waals surface area contributed by atoms with Gasteiger partial charge in [-0.1, -0.05) is 18.5 Å². The maximum absolute atomic E-state index is 12.5. The Balaban J connectivity index is 0.00000208. The van der Waals surface area contributed by atoms with Crippen LogP contribution in [0.2, 0.25) is 5.02 Å². The highest BCUT2D eigenvalue weighted by molar-refractivity contribution is 6.30. The molecule has 24 heavy (non-hydrogen) atoms. The standard InChI is InChI=1S/C18H25ClN2O2.ClH/c1-2-9-23-16-4-3-14(19)10-13(16)12-21-17(22)15-11-18(15)5-7-20-8-6-18;/h3-4,10,15,20H,2,5-9,11-12H2,1H3,(H,21,22);1H. The molecule has 1 aliphatic heterocycles. The topological polar surface area (TPSA) is 50.4 Å². The van der Waals surface area contributed by atoms with Crippen molar-refractivity contribution in [2.45, 2.75) is 39.2 Å². The Kier molecular flexibility index (Phi) is 6.79. The van der Waals surface area contributed by atoms with E-state index < -0.39 is 0 Å². The quantitative estimate of drug-likeness (QED) is 0.802. The first-order valence-electron chi connectivity index (χ1n) is 8.54. The summed E-state index contributed by atoms with van der Waals surface area (Å²) in [5, 5.41) is 7.11. The molecule has 2 fully saturated rings. The lowest BCUT2D eigenvalue weighted by Crippen LogP contribution is -2.33. The molecule has 0 bridgehead atoms. The summed E-state index contributed by atoms with van der Waals surface area (Å²) in [4.78, 5) is 12.5. The maximum Gasteiger partial charge on any atom is 0.223 e. The molecule has 0 radical (unpaired) electrons. The Morgan fingerprint density at radius 1 is 1.42 bits per heavy atom. The molecule has 1 spiro atoms. The third-order valence-corrected chi connectivity index (χ3v) is 5.28. The SMILES string of the molecule is CCCOc1ccc(Cl)cc1CNC(=O)C1CC12CCNCC2.Cl. The van der Waals surface area contributed by atoms with E-state index in [1.54, 1.807) is 0 Å². The van der Waals surface area contributed by atoms with E-state index in [-0.39, 0.29) is 29.6 Å². The van der Waals surface area contributed by atoms with Crippen molar-refractivity contribution in [2.24, 2.45) is 11.3 Å². The summed E-state index contributed by atoms with van der Waals surface area (Å²) in [6, 6.07) is 5.58.